The summed E-state index contributed by atoms with van der Waals surface area (Å²) in [6.45, 7) is 8.24. The number of hydrogen-bond donors (Lipinski definition) is 2. The lowest BCUT2D eigenvalue weighted by Gasteiger charge is -2.17. The van der Waals surface area contributed by atoms with E-state index in [2.05, 4.69) is 28.7 Å². The lowest BCUT2D eigenvalue weighted by atomic mass is 10.0. The van der Waals surface area contributed by atoms with Crippen LogP contribution in [0.25, 0.3) is 22.0 Å². The van der Waals surface area contributed by atoms with Crippen LogP contribution < -0.4 is 9.47 Å². The van der Waals surface area contributed by atoms with Crippen LogP contribution in [-0.4, -0.2) is 54.6 Å². The van der Waals surface area contributed by atoms with Crippen LogP contribution in [0.5, 0.6) is 17.4 Å². The van der Waals surface area contributed by atoms with Gasteiger partial charge in [-0.05, 0) is 73.1 Å². The van der Waals surface area contributed by atoms with Crippen molar-refractivity contribution in [3.8, 4) is 28.5 Å². The molecule has 0 saturated carbocycles. The van der Waals surface area contributed by atoms with Crippen molar-refractivity contribution in [2.75, 3.05) is 33.4 Å². The Kier molecular flexibility index (Phi) is 8.06. The Morgan fingerprint density at radius 2 is 1.71 bits per heavy atom. The van der Waals surface area contributed by atoms with Gasteiger partial charge in [0.05, 0.1) is 25.0 Å². The molecule has 3 aromatic carbocycles. The van der Waals surface area contributed by atoms with Crippen LogP contribution in [-0.2, 0) is 0 Å². The SMILES string of the molecule is CCN(CC)CCCOc1ccc(N=Cc2c(O)[nH]c3cc(-c4cccc(OC)c4)ccc23)cc1. The average Bonchev–Trinajstić information content (AvgIpc) is 3.22. The number of fused-ring (bicyclic) bond motifs is 1. The van der Waals surface area contributed by atoms with Crippen molar-refractivity contribution in [2.45, 2.75) is 20.3 Å². The molecule has 0 spiro atoms. The minimum atomic E-state index is 0.0969. The number of nitrogens with one attached hydrogen (secondary N) is 1. The zero-order valence-corrected chi connectivity index (χ0v) is 20.6. The van der Waals surface area contributed by atoms with Gasteiger partial charge in [-0.15, -0.1) is 0 Å². The molecule has 0 fully saturated rings. The summed E-state index contributed by atoms with van der Waals surface area (Å²) in [6, 6.07) is 21.7. The van der Waals surface area contributed by atoms with Crippen molar-refractivity contribution in [3.63, 3.8) is 0 Å². The molecular formula is C29H33N3O3. The van der Waals surface area contributed by atoms with Crippen molar-refractivity contribution in [3.05, 3.63) is 72.3 Å². The number of methoxy groups -OCH3 is 1. The number of aromatic amines is 1. The van der Waals surface area contributed by atoms with Gasteiger partial charge in [-0.25, -0.2) is 0 Å². The second-order valence-electron chi connectivity index (χ2n) is 8.36. The zero-order valence-electron chi connectivity index (χ0n) is 20.6. The lowest BCUT2D eigenvalue weighted by Crippen LogP contribution is -2.25. The molecule has 0 aliphatic rings. The molecule has 0 bridgehead atoms. The van der Waals surface area contributed by atoms with E-state index in [1.165, 1.54) is 0 Å². The van der Waals surface area contributed by atoms with Gasteiger partial charge in [0.25, 0.3) is 0 Å². The summed E-state index contributed by atoms with van der Waals surface area (Å²) in [5.74, 6) is 1.74. The first-order chi connectivity index (χ1) is 17.1. The number of benzene rings is 3. The Hall–Kier alpha value is -3.77. The third-order valence-corrected chi connectivity index (χ3v) is 6.18. The second kappa shape index (κ2) is 11.6. The van der Waals surface area contributed by atoms with E-state index in [1.54, 1.807) is 13.3 Å². The molecule has 0 radical (unpaired) electrons. The third-order valence-electron chi connectivity index (χ3n) is 6.18. The standard InChI is InChI=1S/C29H33N3O3/c1-4-32(5-2)16-7-17-35-24-13-11-23(12-14-24)30-20-27-26-15-10-22(19-28(26)31-29(27)33)21-8-6-9-25(18-21)34-3/h6,8-15,18-20,31,33H,4-5,7,16-17H2,1-3H3. The molecule has 2 N–H and O–H groups in total. The normalized spacial score (nSPS) is 11.5. The third kappa shape index (κ3) is 6.03. The Labute approximate surface area is 206 Å². The fraction of sp³-hybridized carbons (Fsp3) is 0.276. The number of hydrogen-bond acceptors (Lipinski definition) is 5. The minimum absolute atomic E-state index is 0.0969. The molecule has 0 aliphatic heterocycles. The maximum absolute atomic E-state index is 10.5. The number of aliphatic imine (C=N–C) groups is 1. The van der Waals surface area contributed by atoms with Crippen molar-refractivity contribution in [1.29, 1.82) is 0 Å². The molecule has 4 aromatic rings. The maximum atomic E-state index is 10.5. The number of rotatable bonds is 11. The Balaban J connectivity index is 1.43. The van der Waals surface area contributed by atoms with E-state index in [-0.39, 0.29) is 5.88 Å². The van der Waals surface area contributed by atoms with Crippen LogP contribution in [0, 0.1) is 0 Å². The zero-order chi connectivity index (χ0) is 24.6. The smallest absolute Gasteiger partial charge is 0.198 e. The van der Waals surface area contributed by atoms with E-state index in [9.17, 15) is 5.11 Å². The molecule has 1 heterocycles. The fourth-order valence-corrected chi connectivity index (χ4v) is 4.10. The molecule has 0 amide bonds. The summed E-state index contributed by atoms with van der Waals surface area (Å²) in [7, 11) is 1.66. The van der Waals surface area contributed by atoms with Crippen molar-refractivity contribution < 1.29 is 14.6 Å². The molecule has 35 heavy (non-hydrogen) atoms. The highest BCUT2D eigenvalue weighted by Gasteiger charge is 2.10. The molecular weight excluding hydrogens is 438 g/mol. The van der Waals surface area contributed by atoms with E-state index in [0.717, 1.165) is 65.3 Å². The highest BCUT2D eigenvalue weighted by Crippen LogP contribution is 2.31. The molecule has 0 atom stereocenters. The van der Waals surface area contributed by atoms with Gasteiger partial charge in [-0.2, -0.15) is 0 Å². The van der Waals surface area contributed by atoms with Gasteiger partial charge in [-0.1, -0.05) is 38.1 Å². The molecule has 0 unspecified atom stereocenters. The molecule has 0 aliphatic carbocycles. The van der Waals surface area contributed by atoms with Gasteiger partial charge >= 0.3 is 0 Å². The van der Waals surface area contributed by atoms with E-state index < -0.39 is 0 Å². The Morgan fingerprint density at radius 3 is 2.46 bits per heavy atom. The number of ether oxygens (including phenoxy) is 2. The first-order valence-corrected chi connectivity index (χ1v) is 12.1. The van der Waals surface area contributed by atoms with Gasteiger partial charge in [-0.3, -0.25) is 4.99 Å². The Morgan fingerprint density at radius 1 is 0.943 bits per heavy atom. The van der Waals surface area contributed by atoms with Crippen LogP contribution >= 0.6 is 0 Å². The topological polar surface area (TPSA) is 70.1 Å². The highest BCUT2D eigenvalue weighted by molar-refractivity contribution is 6.03. The first kappa shape index (κ1) is 24.4. The van der Waals surface area contributed by atoms with Gasteiger partial charge in [0, 0.05) is 23.7 Å². The molecule has 0 saturated heterocycles. The van der Waals surface area contributed by atoms with Gasteiger partial charge < -0.3 is 24.5 Å². The van der Waals surface area contributed by atoms with Crippen LogP contribution in [0.3, 0.4) is 0 Å². The number of aromatic hydroxyl groups is 1. The quantitative estimate of drug-likeness (QED) is 0.196. The monoisotopic (exact) mass is 471 g/mol. The molecule has 4 rings (SSSR count). The van der Waals surface area contributed by atoms with Gasteiger partial charge in [0.1, 0.15) is 11.5 Å². The molecule has 6 nitrogen and oxygen atoms in total. The summed E-state index contributed by atoms with van der Waals surface area (Å²) < 4.78 is 11.2. The summed E-state index contributed by atoms with van der Waals surface area (Å²) in [4.78, 5) is 10.0. The fourth-order valence-electron chi connectivity index (χ4n) is 4.10. The first-order valence-electron chi connectivity index (χ1n) is 12.1. The van der Waals surface area contributed by atoms with E-state index in [0.29, 0.717) is 12.2 Å². The van der Waals surface area contributed by atoms with Crippen LogP contribution in [0.15, 0.2) is 71.7 Å². The number of aromatic nitrogens is 1. The number of H-pyrrole nitrogens is 1. The Bertz CT molecular complexity index is 1270. The largest absolute Gasteiger partial charge is 0.497 e. The number of nitrogens with zero attached hydrogens (tertiary/aromatic N) is 2. The maximum Gasteiger partial charge on any atom is 0.198 e. The van der Waals surface area contributed by atoms with Crippen molar-refractivity contribution >= 4 is 22.8 Å². The predicted molar refractivity (Wildman–Crippen MR) is 144 cm³/mol. The van der Waals surface area contributed by atoms with Crippen LogP contribution in [0.1, 0.15) is 25.8 Å². The summed E-state index contributed by atoms with van der Waals surface area (Å²) in [5, 5.41) is 11.4. The highest BCUT2D eigenvalue weighted by atomic mass is 16.5. The molecule has 1 aromatic heterocycles. The molecule has 6 heteroatoms. The van der Waals surface area contributed by atoms with Crippen LogP contribution in [0.2, 0.25) is 0 Å². The summed E-state index contributed by atoms with van der Waals surface area (Å²) in [5.41, 5.74) is 4.38. The van der Waals surface area contributed by atoms with Gasteiger partial charge in [0.15, 0.2) is 5.88 Å². The lowest BCUT2D eigenvalue weighted by molar-refractivity contribution is 0.249. The summed E-state index contributed by atoms with van der Waals surface area (Å²) >= 11 is 0. The van der Waals surface area contributed by atoms with Crippen molar-refractivity contribution in [2.24, 2.45) is 4.99 Å². The predicted octanol–water partition coefficient (Wildman–Crippen LogP) is 6.41. The average molecular weight is 472 g/mol. The van der Waals surface area contributed by atoms with E-state index >= 15 is 0 Å². The second-order valence-corrected chi connectivity index (χ2v) is 8.36. The minimum Gasteiger partial charge on any atom is -0.497 e. The van der Waals surface area contributed by atoms with E-state index in [4.69, 9.17) is 9.47 Å². The van der Waals surface area contributed by atoms with Crippen LogP contribution in [0.4, 0.5) is 5.69 Å². The summed E-state index contributed by atoms with van der Waals surface area (Å²) in [6.07, 6.45) is 2.69. The van der Waals surface area contributed by atoms with Crippen molar-refractivity contribution in [1.82, 2.24) is 9.88 Å². The van der Waals surface area contributed by atoms with Gasteiger partial charge in [0.2, 0.25) is 0 Å². The van der Waals surface area contributed by atoms with E-state index in [1.807, 2.05) is 66.7 Å². The molecule has 182 valence electrons.